The maximum atomic E-state index is 12.5. The molecule has 116 valence electrons. The van der Waals surface area contributed by atoms with Gasteiger partial charge in [-0.25, -0.2) is 8.42 Å². The number of hydrogen-bond acceptors (Lipinski definition) is 3. The first-order valence-electron chi connectivity index (χ1n) is 7.04. The Morgan fingerprint density at radius 2 is 2.05 bits per heavy atom. The second-order valence-electron chi connectivity index (χ2n) is 5.96. The van der Waals surface area contributed by atoms with Crippen molar-refractivity contribution < 1.29 is 13.2 Å². The number of carbonyl (C=O) groups excluding carboxylic acids is 1. The molecule has 1 atom stereocenters. The smallest absolute Gasteiger partial charge is 0.261 e. The SMILES string of the molecule is Cc1ccc(C(=O)N2CCC(C(C)C)C2)cc1S(=O)(=O)Cl. The maximum absolute atomic E-state index is 12.5. The summed E-state index contributed by atoms with van der Waals surface area (Å²) in [4.78, 5) is 14.3. The summed E-state index contributed by atoms with van der Waals surface area (Å²) in [6.07, 6.45) is 0.996. The van der Waals surface area contributed by atoms with Gasteiger partial charge in [0.2, 0.25) is 0 Å². The van der Waals surface area contributed by atoms with Crippen molar-refractivity contribution in [1.82, 2.24) is 4.90 Å². The van der Waals surface area contributed by atoms with Crippen LogP contribution in [0.2, 0.25) is 0 Å². The Hall–Kier alpha value is -1.07. The van der Waals surface area contributed by atoms with E-state index in [0.29, 0.717) is 23.0 Å². The molecule has 1 fully saturated rings. The van der Waals surface area contributed by atoms with Gasteiger partial charge in [0.15, 0.2) is 0 Å². The van der Waals surface area contributed by atoms with Gasteiger partial charge in [-0.2, -0.15) is 0 Å². The van der Waals surface area contributed by atoms with Crippen LogP contribution in [-0.2, 0) is 9.05 Å². The van der Waals surface area contributed by atoms with E-state index in [2.05, 4.69) is 13.8 Å². The first kappa shape index (κ1) is 16.3. The molecule has 21 heavy (non-hydrogen) atoms. The predicted octanol–water partition coefficient (Wildman–Crippen LogP) is 3.04. The van der Waals surface area contributed by atoms with E-state index < -0.39 is 9.05 Å². The predicted molar refractivity (Wildman–Crippen MR) is 83.1 cm³/mol. The molecule has 0 bridgehead atoms. The zero-order valence-electron chi connectivity index (χ0n) is 12.5. The van der Waals surface area contributed by atoms with Crippen LogP contribution in [0.1, 0.15) is 36.2 Å². The molecule has 4 nitrogen and oxygen atoms in total. The molecule has 0 aromatic heterocycles. The number of hydrogen-bond donors (Lipinski definition) is 0. The summed E-state index contributed by atoms with van der Waals surface area (Å²) in [5, 5.41) is 0. The topological polar surface area (TPSA) is 54.5 Å². The zero-order chi connectivity index (χ0) is 15.8. The molecule has 0 radical (unpaired) electrons. The number of rotatable bonds is 3. The molecular formula is C15H20ClNO3S. The van der Waals surface area contributed by atoms with E-state index in [1.54, 1.807) is 24.0 Å². The number of benzene rings is 1. The molecule has 1 unspecified atom stereocenters. The molecule has 0 saturated carbocycles. The van der Waals surface area contributed by atoms with Gasteiger partial charge in [-0.05, 0) is 42.9 Å². The van der Waals surface area contributed by atoms with Crippen molar-refractivity contribution in [3.8, 4) is 0 Å². The summed E-state index contributed by atoms with van der Waals surface area (Å²) in [5.41, 5.74) is 0.923. The average molecular weight is 330 g/mol. The van der Waals surface area contributed by atoms with E-state index >= 15 is 0 Å². The molecule has 1 heterocycles. The van der Waals surface area contributed by atoms with Crippen molar-refractivity contribution in [3.05, 3.63) is 29.3 Å². The van der Waals surface area contributed by atoms with Gasteiger partial charge in [0.25, 0.3) is 15.0 Å². The Bertz CT molecular complexity index is 655. The minimum atomic E-state index is -3.84. The van der Waals surface area contributed by atoms with Crippen LogP contribution >= 0.6 is 10.7 Å². The summed E-state index contributed by atoms with van der Waals surface area (Å²) < 4.78 is 23.1. The molecule has 1 amide bonds. The number of amides is 1. The van der Waals surface area contributed by atoms with Crippen LogP contribution in [0.3, 0.4) is 0 Å². The Balaban J connectivity index is 2.25. The maximum Gasteiger partial charge on any atom is 0.261 e. The lowest BCUT2D eigenvalue weighted by Crippen LogP contribution is -2.29. The summed E-state index contributed by atoms with van der Waals surface area (Å²) in [5.74, 6) is 0.926. The largest absolute Gasteiger partial charge is 0.338 e. The van der Waals surface area contributed by atoms with E-state index in [1.165, 1.54) is 6.07 Å². The fourth-order valence-corrected chi connectivity index (χ4v) is 3.91. The van der Waals surface area contributed by atoms with Crippen LogP contribution in [0.25, 0.3) is 0 Å². The summed E-state index contributed by atoms with van der Waals surface area (Å²) >= 11 is 0. The second-order valence-corrected chi connectivity index (χ2v) is 8.50. The van der Waals surface area contributed by atoms with Gasteiger partial charge in [0.05, 0.1) is 4.90 Å². The van der Waals surface area contributed by atoms with Gasteiger partial charge in [0.1, 0.15) is 0 Å². The van der Waals surface area contributed by atoms with Crippen molar-refractivity contribution >= 4 is 25.6 Å². The normalized spacial score (nSPS) is 19.3. The van der Waals surface area contributed by atoms with E-state index in [0.717, 1.165) is 19.5 Å². The van der Waals surface area contributed by atoms with Crippen molar-refractivity contribution in [2.75, 3.05) is 13.1 Å². The molecule has 0 N–H and O–H groups in total. The highest BCUT2D eigenvalue weighted by Gasteiger charge is 2.29. The van der Waals surface area contributed by atoms with Crippen LogP contribution in [0.4, 0.5) is 0 Å². The standard InChI is InChI=1S/C15H20ClNO3S/c1-10(2)13-6-7-17(9-13)15(18)12-5-4-11(3)14(8-12)21(16,19)20/h4-5,8,10,13H,6-7,9H2,1-3H3. The van der Waals surface area contributed by atoms with Gasteiger partial charge in [-0.15, -0.1) is 0 Å². The molecule has 1 aromatic rings. The molecule has 0 aliphatic carbocycles. The van der Waals surface area contributed by atoms with Gasteiger partial charge in [0, 0.05) is 29.3 Å². The summed E-state index contributed by atoms with van der Waals surface area (Å²) in [7, 11) is 1.58. The van der Waals surface area contributed by atoms with E-state index in [4.69, 9.17) is 10.7 Å². The Morgan fingerprint density at radius 3 is 2.57 bits per heavy atom. The Morgan fingerprint density at radius 1 is 1.38 bits per heavy atom. The van der Waals surface area contributed by atoms with Crippen molar-refractivity contribution in [3.63, 3.8) is 0 Å². The highest BCUT2D eigenvalue weighted by molar-refractivity contribution is 8.13. The van der Waals surface area contributed by atoms with E-state index in [-0.39, 0.29) is 10.8 Å². The first-order chi connectivity index (χ1) is 9.70. The lowest BCUT2D eigenvalue weighted by atomic mass is 9.95. The van der Waals surface area contributed by atoms with E-state index in [1.807, 2.05) is 0 Å². The lowest BCUT2D eigenvalue weighted by molar-refractivity contribution is 0.0784. The molecular weight excluding hydrogens is 310 g/mol. The summed E-state index contributed by atoms with van der Waals surface area (Å²) in [6.45, 7) is 7.42. The monoisotopic (exact) mass is 329 g/mol. The molecule has 1 aliphatic heterocycles. The highest BCUT2D eigenvalue weighted by Crippen LogP contribution is 2.26. The molecule has 1 aromatic carbocycles. The van der Waals surface area contributed by atoms with Crippen molar-refractivity contribution in [2.45, 2.75) is 32.1 Å². The quantitative estimate of drug-likeness (QED) is 0.801. The molecule has 1 saturated heterocycles. The van der Waals surface area contributed by atoms with Gasteiger partial charge in [-0.3, -0.25) is 4.79 Å². The van der Waals surface area contributed by atoms with Crippen LogP contribution < -0.4 is 0 Å². The third kappa shape index (κ3) is 3.58. The fourth-order valence-electron chi connectivity index (χ4n) is 2.69. The second kappa shape index (κ2) is 5.97. The third-order valence-corrected chi connectivity index (χ3v) is 5.62. The van der Waals surface area contributed by atoms with E-state index in [9.17, 15) is 13.2 Å². The number of aryl methyl sites for hydroxylation is 1. The third-order valence-electron chi connectivity index (χ3n) is 4.15. The lowest BCUT2D eigenvalue weighted by Gasteiger charge is -2.18. The van der Waals surface area contributed by atoms with Gasteiger partial charge >= 0.3 is 0 Å². The molecule has 2 rings (SSSR count). The number of nitrogens with zero attached hydrogens (tertiary/aromatic N) is 1. The Kier molecular flexibility index (Phi) is 4.63. The minimum Gasteiger partial charge on any atom is -0.338 e. The fraction of sp³-hybridized carbons (Fsp3) is 0.533. The van der Waals surface area contributed by atoms with Crippen molar-refractivity contribution in [2.24, 2.45) is 11.8 Å². The van der Waals surface area contributed by atoms with Crippen LogP contribution in [-0.4, -0.2) is 32.3 Å². The number of halogens is 1. The van der Waals surface area contributed by atoms with Crippen LogP contribution in [0, 0.1) is 18.8 Å². The molecule has 1 aliphatic rings. The average Bonchev–Trinajstić information content (AvgIpc) is 2.86. The highest BCUT2D eigenvalue weighted by atomic mass is 35.7. The van der Waals surface area contributed by atoms with Gasteiger partial charge < -0.3 is 4.90 Å². The first-order valence-corrected chi connectivity index (χ1v) is 9.35. The van der Waals surface area contributed by atoms with Crippen molar-refractivity contribution in [1.29, 1.82) is 0 Å². The van der Waals surface area contributed by atoms with Gasteiger partial charge in [-0.1, -0.05) is 19.9 Å². The Labute approximate surface area is 130 Å². The number of likely N-dealkylation sites (tertiary alicyclic amines) is 1. The molecule has 6 heteroatoms. The zero-order valence-corrected chi connectivity index (χ0v) is 14.0. The molecule has 0 spiro atoms. The van der Waals surface area contributed by atoms with Crippen LogP contribution in [0.5, 0.6) is 0 Å². The number of carbonyl (C=O) groups is 1. The van der Waals surface area contributed by atoms with Crippen LogP contribution in [0.15, 0.2) is 23.1 Å². The minimum absolute atomic E-state index is 0.00891. The summed E-state index contributed by atoms with van der Waals surface area (Å²) in [6, 6.07) is 4.66.